The lowest BCUT2D eigenvalue weighted by atomic mass is 9.95. The van der Waals surface area contributed by atoms with Gasteiger partial charge in [-0.25, -0.2) is 0 Å². The van der Waals surface area contributed by atoms with Crippen LogP contribution in [0.15, 0.2) is 66.7 Å². The van der Waals surface area contributed by atoms with Crippen LogP contribution in [0.2, 0.25) is 0 Å². The quantitative estimate of drug-likeness (QED) is 0.483. The van der Waals surface area contributed by atoms with Gasteiger partial charge in [-0.1, -0.05) is 66.7 Å². The van der Waals surface area contributed by atoms with Crippen molar-refractivity contribution in [1.82, 2.24) is 10.2 Å². The topological polar surface area (TPSA) is 32.3 Å². The first kappa shape index (κ1) is 21.9. The molecule has 1 amide bonds. The van der Waals surface area contributed by atoms with Crippen LogP contribution >= 0.6 is 11.8 Å². The van der Waals surface area contributed by atoms with E-state index in [1.165, 1.54) is 27.5 Å². The Morgan fingerprint density at radius 3 is 2.52 bits per heavy atom. The van der Waals surface area contributed by atoms with Crippen LogP contribution in [0, 0.1) is 12.8 Å². The van der Waals surface area contributed by atoms with E-state index in [0.29, 0.717) is 0 Å². The molecule has 3 aromatic carbocycles. The average molecular weight is 433 g/mol. The number of piperidine rings is 1. The van der Waals surface area contributed by atoms with Crippen LogP contribution in [0.1, 0.15) is 29.5 Å². The number of likely N-dealkylation sites (tertiary alicyclic amines) is 1. The highest BCUT2D eigenvalue weighted by atomic mass is 32.2. The molecule has 31 heavy (non-hydrogen) atoms. The van der Waals surface area contributed by atoms with Gasteiger partial charge in [-0.15, -0.1) is 0 Å². The van der Waals surface area contributed by atoms with Gasteiger partial charge in [0.1, 0.15) is 0 Å². The molecule has 3 nitrogen and oxygen atoms in total. The summed E-state index contributed by atoms with van der Waals surface area (Å²) >= 11 is 1.89. The van der Waals surface area contributed by atoms with Crippen molar-refractivity contribution in [3.63, 3.8) is 0 Å². The number of nitrogens with one attached hydrogen (secondary N) is 1. The number of thioether (sulfide) groups is 1. The number of nitrogens with zero attached hydrogens (tertiary/aromatic N) is 1. The van der Waals surface area contributed by atoms with E-state index < -0.39 is 0 Å². The predicted octanol–water partition coefficient (Wildman–Crippen LogP) is 5.41. The number of benzene rings is 3. The summed E-state index contributed by atoms with van der Waals surface area (Å²) in [6.45, 7) is 5.85. The predicted molar refractivity (Wildman–Crippen MR) is 132 cm³/mol. The normalized spacial score (nSPS) is 15.3. The van der Waals surface area contributed by atoms with Gasteiger partial charge in [0, 0.05) is 30.5 Å². The van der Waals surface area contributed by atoms with E-state index in [9.17, 15) is 4.79 Å². The highest BCUT2D eigenvalue weighted by Gasteiger charge is 2.24. The Labute approximate surface area is 190 Å². The van der Waals surface area contributed by atoms with Gasteiger partial charge in [0.25, 0.3) is 0 Å². The van der Waals surface area contributed by atoms with Crippen LogP contribution in [0.4, 0.5) is 0 Å². The summed E-state index contributed by atoms with van der Waals surface area (Å²) in [6.07, 6.45) is 1.90. The van der Waals surface area contributed by atoms with E-state index in [-0.39, 0.29) is 11.8 Å². The largest absolute Gasteiger partial charge is 0.355 e. The maximum atomic E-state index is 12.6. The summed E-state index contributed by atoms with van der Waals surface area (Å²) in [7, 11) is 0. The van der Waals surface area contributed by atoms with Crippen molar-refractivity contribution in [2.24, 2.45) is 5.92 Å². The molecule has 1 fully saturated rings. The molecule has 0 aromatic heterocycles. The molecule has 0 saturated carbocycles. The van der Waals surface area contributed by atoms with Gasteiger partial charge >= 0.3 is 0 Å². The minimum Gasteiger partial charge on any atom is -0.355 e. The van der Waals surface area contributed by atoms with Crippen molar-refractivity contribution in [3.05, 3.63) is 83.4 Å². The van der Waals surface area contributed by atoms with Gasteiger partial charge in [0.2, 0.25) is 5.91 Å². The SMILES string of the molecule is Cc1ccccc1CSCCNC(=O)C1CCN(Cc2cccc3ccccc23)CC1. The molecule has 162 valence electrons. The third-order valence-electron chi connectivity index (χ3n) is 6.30. The molecule has 1 aliphatic rings. The van der Waals surface area contributed by atoms with Gasteiger partial charge < -0.3 is 5.32 Å². The number of rotatable bonds is 8. The standard InChI is InChI=1S/C27H32N2OS/c1-21-7-2-3-9-25(21)20-31-18-15-28-27(30)23-13-16-29(17-14-23)19-24-11-6-10-22-8-4-5-12-26(22)24/h2-12,23H,13-20H2,1H3,(H,28,30). The zero-order valence-electron chi connectivity index (χ0n) is 18.3. The van der Waals surface area contributed by atoms with Crippen LogP contribution in [0.3, 0.4) is 0 Å². The Morgan fingerprint density at radius 2 is 1.68 bits per heavy atom. The van der Waals surface area contributed by atoms with E-state index in [2.05, 4.69) is 83.9 Å². The fraction of sp³-hybridized carbons (Fsp3) is 0.370. The van der Waals surface area contributed by atoms with Crippen molar-refractivity contribution < 1.29 is 4.79 Å². The average Bonchev–Trinajstić information content (AvgIpc) is 2.80. The van der Waals surface area contributed by atoms with Crippen molar-refractivity contribution in [2.75, 3.05) is 25.4 Å². The Hall–Kier alpha value is -2.30. The lowest BCUT2D eigenvalue weighted by Crippen LogP contribution is -2.40. The van der Waals surface area contributed by atoms with Crippen LogP contribution in [0.25, 0.3) is 10.8 Å². The second-order valence-corrected chi connectivity index (χ2v) is 9.56. The van der Waals surface area contributed by atoms with Crippen molar-refractivity contribution >= 4 is 28.4 Å². The van der Waals surface area contributed by atoms with Crippen molar-refractivity contribution in [1.29, 1.82) is 0 Å². The molecule has 0 atom stereocenters. The first-order valence-corrected chi connectivity index (χ1v) is 12.4. The molecular weight excluding hydrogens is 400 g/mol. The van der Waals surface area contributed by atoms with Gasteiger partial charge in [0.05, 0.1) is 0 Å². The molecule has 3 aromatic rings. The molecular formula is C27H32N2OS. The summed E-state index contributed by atoms with van der Waals surface area (Å²) in [5.74, 6) is 2.36. The summed E-state index contributed by atoms with van der Waals surface area (Å²) in [5, 5.41) is 5.81. The van der Waals surface area contributed by atoms with Gasteiger partial charge in [-0.2, -0.15) is 11.8 Å². The molecule has 0 spiro atoms. The van der Waals surface area contributed by atoms with E-state index in [1.807, 2.05) is 11.8 Å². The number of fused-ring (bicyclic) bond motifs is 1. The molecule has 0 unspecified atom stereocenters. The first-order chi connectivity index (χ1) is 15.2. The lowest BCUT2D eigenvalue weighted by Gasteiger charge is -2.31. The molecule has 1 saturated heterocycles. The van der Waals surface area contributed by atoms with Crippen LogP contribution < -0.4 is 5.32 Å². The van der Waals surface area contributed by atoms with E-state index in [4.69, 9.17) is 0 Å². The second-order valence-electron chi connectivity index (χ2n) is 8.46. The van der Waals surface area contributed by atoms with Crippen molar-refractivity contribution in [3.8, 4) is 0 Å². The minimum absolute atomic E-state index is 0.158. The Morgan fingerprint density at radius 1 is 0.968 bits per heavy atom. The zero-order valence-corrected chi connectivity index (χ0v) is 19.2. The van der Waals surface area contributed by atoms with Crippen LogP contribution in [0.5, 0.6) is 0 Å². The lowest BCUT2D eigenvalue weighted by molar-refractivity contribution is -0.126. The monoisotopic (exact) mass is 432 g/mol. The maximum Gasteiger partial charge on any atom is 0.223 e. The smallest absolute Gasteiger partial charge is 0.223 e. The van der Waals surface area contributed by atoms with E-state index in [0.717, 1.165) is 50.5 Å². The zero-order chi connectivity index (χ0) is 21.5. The highest BCUT2D eigenvalue weighted by Crippen LogP contribution is 2.23. The van der Waals surface area contributed by atoms with E-state index >= 15 is 0 Å². The molecule has 1 heterocycles. The van der Waals surface area contributed by atoms with E-state index in [1.54, 1.807) is 0 Å². The van der Waals surface area contributed by atoms with Gasteiger partial charge in [-0.05, 0) is 60.3 Å². The molecule has 0 bridgehead atoms. The fourth-order valence-corrected chi connectivity index (χ4v) is 5.30. The number of aryl methyl sites for hydroxylation is 1. The highest BCUT2D eigenvalue weighted by molar-refractivity contribution is 7.98. The molecule has 0 aliphatic carbocycles. The first-order valence-electron chi connectivity index (χ1n) is 11.3. The Kier molecular flexibility index (Phi) is 7.66. The van der Waals surface area contributed by atoms with Crippen LogP contribution in [-0.4, -0.2) is 36.2 Å². The van der Waals surface area contributed by atoms with Gasteiger partial charge in [0.15, 0.2) is 0 Å². The summed E-state index contributed by atoms with van der Waals surface area (Å²) in [4.78, 5) is 15.1. The van der Waals surface area contributed by atoms with Gasteiger partial charge in [-0.3, -0.25) is 9.69 Å². The third kappa shape index (κ3) is 5.90. The van der Waals surface area contributed by atoms with Crippen LogP contribution in [-0.2, 0) is 17.1 Å². The molecule has 0 radical (unpaired) electrons. The number of amides is 1. The number of hydrogen-bond donors (Lipinski definition) is 1. The number of carbonyl (C=O) groups is 1. The maximum absolute atomic E-state index is 12.6. The molecule has 1 N–H and O–H groups in total. The molecule has 1 aliphatic heterocycles. The minimum atomic E-state index is 0.158. The number of hydrogen-bond acceptors (Lipinski definition) is 3. The Balaban J connectivity index is 1.17. The number of carbonyl (C=O) groups excluding carboxylic acids is 1. The molecule has 4 heteroatoms. The summed E-state index contributed by atoms with van der Waals surface area (Å²) < 4.78 is 0. The fourth-order valence-electron chi connectivity index (χ4n) is 4.37. The summed E-state index contributed by atoms with van der Waals surface area (Å²) in [6, 6.07) is 23.7. The Bertz CT molecular complexity index is 1010. The second kappa shape index (κ2) is 10.8. The third-order valence-corrected chi connectivity index (χ3v) is 7.30. The van der Waals surface area contributed by atoms with Crippen molar-refractivity contribution in [2.45, 2.75) is 32.1 Å². The molecule has 4 rings (SSSR count). The summed E-state index contributed by atoms with van der Waals surface area (Å²) in [5.41, 5.74) is 4.11.